The van der Waals surface area contributed by atoms with Gasteiger partial charge < -0.3 is 35.3 Å². The first-order valence-corrected chi connectivity index (χ1v) is 16.5. The molecule has 1 aliphatic rings. The first-order valence-electron chi connectivity index (χ1n) is 14.8. The number of sulfone groups is 1. The van der Waals surface area contributed by atoms with Crippen molar-refractivity contribution in [2.45, 2.75) is 38.2 Å². The molecule has 2 aromatic carbocycles. The van der Waals surface area contributed by atoms with Gasteiger partial charge in [-0.1, -0.05) is 0 Å². The van der Waals surface area contributed by atoms with E-state index in [1.54, 1.807) is 47.1 Å². The summed E-state index contributed by atoms with van der Waals surface area (Å²) in [6, 6.07) is 8.08. The molecule has 2 aromatic heterocycles. The molecule has 0 amide bonds. The lowest BCUT2D eigenvalue weighted by Crippen LogP contribution is -2.43. The summed E-state index contributed by atoms with van der Waals surface area (Å²) in [6.07, 6.45) is 1.37. The molecule has 14 nitrogen and oxygen atoms in total. The number of nitrogens with two attached hydrogens (primary N) is 1. The Balaban J connectivity index is 1.58. The molecular weight excluding hydrogens is 631 g/mol. The van der Waals surface area contributed by atoms with Crippen molar-refractivity contribution in [2.75, 3.05) is 52.0 Å². The summed E-state index contributed by atoms with van der Waals surface area (Å²) in [4.78, 5) is 15.6. The number of aliphatic imine (C=N–C) groups is 1. The van der Waals surface area contributed by atoms with Crippen LogP contribution in [0, 0.1) is 5.82 Å². The summed E-state index contributed by atoms with van der Waals surface area (Å²) in [5.74, 6) is 0.636. The summed E-state index contributed by atoms with van der Waals surface area (Å²) in [5, 5.41) is 17.2. The van der Waals surface area contributed by atoms with E-state index >= 15 is 0 Å². The fourth-order valence-corrected chi connectivity index (χ4v) is 6.89. The Morgan fingerprint density at radius 1 is 1.17 bits per heavy atom. The molecule has 0 aliphatic carbocycles. The molecule has 1 fully saturated rings. The zero-order valence-electron chi connectivity index (χ0n) is 27.1. The van der Waals surface area contributed by atoms with Crippen LogP contribution in [0.3, 0.4) is 0 Å². The number of aromatic nitrogens is 4. The summed E-state index contributed by atoms with van der Waals surface area (Å²) in [6.45, 7) is 5.60. The zero-order valence-corrected chi connectivity index (χ0v) is 27.9. The number of fused-ring (bicyclic) bond motifs is 3. The van der Waals surface area contributed by atoms with Gasteiger partial charge in [-0.25, -0.2) is 22.8 Å². The first kappa shape index (κ1) is 33.7. The number of anilines is 1. The molecule has 252 valence electrons. The Bertz CT molecular complexity index is 1970. The summed E-state index contributed by atoms with van der Waals surface area (Å²) in [5.41, 5.74) is 7.40. The fraction of sp³-hybridized carbons (Fsp3) is 0.419. The molecule has 1 unspecified atom stereocenters. The van der Waals surface area contributed by atoms with Crippen LogP contribution in [0.15, 0.2) is 47.2 Å². The van der Waals surface area contributed by atoms with Gasteiger partial charge in [0.1, 0.15) is 16.7 Å². The molecule has 1 atom stereocenters. The number of nitrogens with zero attached hydrogens (tertiary/aromatic N) is 6. The van der Waals surface area contributed by atoms with Gasteiger partial charge in [-0.05, 0) is 39.0 Å². The number of aliphatic hydroxyl groups is 1. The molecule has 0 radical (unpaired) electrons. The Morgan fingerprint density at radius 3 is 2.57 bits per heavy atom. The van der Waals surface area contributed by atoms with Gasteiger partial charge in [0.15, 0.2) is 32.9 Å². The quantitative estimate of drug-likeness (QED) is 0.199. The second kappa shape index (κ2) is 13.2. The van der Waals surface area contributed by atoms with E-state index in [0.717, 1.165) is 5.56 Å². The maximum absolute atomic E-state index is 14.9. The third-order valence-corrected chi connectivity index (χ3v) is 9.80. The Hall–Kier alpha value is -4.70. The molecular formula is C31H39FN8O6S. The van der Waals surface area contributed by atoms with Gasteiger partial charge >= 0.3 is 0 Å². The highest BCUT2D eigenvalue weighted by Crippen LogP contribution is 2.33. The Morgan fingerprint density at radius 2 is 1.91 bits per heavy atom. The average Bonchev–Trinajstić information content (AvgIpc) is 3.48. The second-order valence-electron chi connectivity index (χ2n) is 11.7. The lowest BCUT2D eigenvalue weighted by molar-refractivity contribution is 0.0904. The number of nitrogens with one attached hydrogen (secondary N) is 1. The normalized spacial score (nSPS) is 17.3. The minimum absolute atomic E-state index is 0.00300. The van der Waals surface area contributed by atoms with Crippen LogP contribution in [-0.2, 0) is 16.4 Å². The second-order valence-corrected chi connectivity index (χ2v) is 14.0. The van der Waals surface area contributed by atoms with Gasteiger partial charge in [0.05, 0.1) is 56.2 Å². The number of benzene rings is 2. The van der Waals surface area contributed by atoms with Crippen LogP contribution < -0.4 is 25.3 Å². The number of hydrogen-bond acceptors (Lipinski definition) is 13. The lowest BCUT2D eigenvalue weighted by Gasteiger charge is -2.34. The van der Waals surface area contributed by atoms with E-state index in [0.29, 0.717) is 33.8 Å². The molecule has 1 saturated heterocycles. The Kier molecular flexibility index (Phi) is 9.45. The van der Waals surface area contributed by atoms with Crippen LogP contribution in [0.2, 0.25) is 0 Å². The van der Waals surface area contributed by atoms with Crippen molar-refractivity contribution in [3.05, 3.63) is 59.4 Å². The van der Waals surface area contributed by atoms with Gasteiger partial charge in [-0.2, -0.15) is 4.52 Å². The van der Waals surface area contributed by atoms with Gasteiger partial charge in [-0.15, -0.1) is 5.10 Å². The lowest BCUT2D eigenvalue weighted by atomic mass is 10.1. The predicted molar refractivity (Wildman–Crippen MR) is 176 cm³/mol. The van der Waals surface area contributed by atoms with Crippen molar-refractivity contribution in [1.82, 2.24) is 24.5 Å². The summed E-state index contributed by atoms with van der Waals surface area (Å²) >= 11 is 0. The number of hydrogen-bond donors (Lipinski definition) is 3. The number of rotatable bonds is 11. The molecule has 4 N–H and O–H groups in total. The molecule has 16 heteroatoms. The molecule has 5 rings (SSSR count). The highest BCUT2D eigenvalue weighted by atomic mass is 32.2. The maximum atomic E-state index is 14.9. The van der Waals surface area contributed by atoms with Crippen molar-refractivity contribution < 1.29 is 32.1 Å². The van der Waals surface area contributed by atoms with Crippen LogP contribution in [0.5, 0.6) is 17.2 Å². The van der Waals surface area contributed by atoms with E-state index in [-0.39, 0.29) is 55.1 Å². The van der Waals surface area contributed by atoms with Gasteiger partial charge in [-0.3, -0.25) is 4.99 Å². The van der Waals surface area contributed by atoms with Gasteiger partial charge in [0.25, 0.3) is 0 Å². The highest BCUT2D eigenvalue weighted by molar-refractivity contribution is 7.91. The van der Waals surface area contributed by atoms with Crippen LogP contribution >= 0.6 is 0 Å². The molecule has 47 heavy (non-hydrogen) atoms. The molecule has 4 aromatic rings. The van der Waals surface area contributed by atoms with Crippen LogP contribution in [-0.4, -0.2) is 96.0 Å². The van der Waals surface area contributed by atoms with Gasteiger partial charge in [0.2, 0.25) is 5.95 Å². The topological polar surface area (TPSA) is 179 Å². The average molecular weight is 671 g/mol. The third-order valence-electron chi connectivity index (χ3n) is 7.82. The van der Waals surface area contributed by atoms with Crippen LogP contribution in [0.4, 0.5) is 10.3 Å². The molecule has 0 spiro atoms. The number of halogens is 1. The largest absolute Gasteiger partial charge is 0.497 e. The number of methoxy groups -OCH3 is 3. The van der Waals surface area contributed by atoms with Crippen molar-refractivity contribution in [3.8, 4) is 17.2 Å². The van der Waals surface area contributed by atoms with E-state index in [2.05, 4.69) is 25.4 Å². The van der Waals surface area contributed by atoms with Crippen LogP contribution in [0.25, 0.3) is 16.6 Å². The smallest absolute Gasteiger partial charge is 0.226 e. The van der Waals surface area contributed by atoms with E-state index in [1.807, 2.05) is 11.0 Å². The van der Waals surface area contributed by atoms with Crippen molar-refractivity contribution in [1.29, 1.82) is 0 Å². The first-order chi connectivity index (χ1) is 22.3. The van der Waals surface area contributed by atoms with E-state index < -0.39 is 26.5 Å². The van der Waals surface area contributed by atoms with Gasteiger partial charge in [0, 0.05) is 48.9 Å². The van der Waals surface area contributed by atoms with E-state index in [9.17, 15) is 17.9 Å². The zero-order chi connectivity index (χ0) is 34.1. The highest BCUT2D eigenvalue weighted by Gasteiger charge is 2.38. The Labute approximate surface area is 272 Å². The molecule has 0 saturated carbocycles. The molecule has 3 heterocycles. The van der Waals surface area contributed by atoms with Crippen molar-refractivity contribution in [2.24, 2.45) is 10.7 Å². The van der Waals surface area contributed by atoms with Crippen LogP contribution in [0.1, 0.15) is 37.4 Å². The fourth-order valence-electron chi connectivity index (χ4n) is 5.30. The maximum Gasteiger partial charge on any atom is 0.226 e. The van der Waals surface area contributed by atoms with Crippen molar-refractivity contribution >= 4 is 38.0 Å². The standard InChI is InChI=1S/C31H39FN8O6S/c1-18(35-17-31(2,3)41)24(14-33)39-9-10-47(42,43)27(16-39)28-37-29-21-12-22(32)26(46-6)13-23(21)36-30(40(29)38-28)34-15-19-7-8-20(44-4)11-25(19)45-5/h7-8,11-14,27,41H,9-10,15-17,33H2,1-6H3,(H,34,36). The minimum atomic E-state index is -3.71. The minimum Gasteiger partial charge on any atom is -0.497 e. The number of allylic oxidation sites excluding steroid dienone is 1. The molecule has 1 aliphatic heterocycles. The summed E-state index contributed by atoms with van der Waals surface area (Å²) < 4.78 is 59.3. The monoisotopic (exact) mass is 670 g/mol. The number of ether oxygens (including phenoxy) is 3. The van der Waals surface area contributed by atoms with E-state index in [1.165, 1.54) is 30.0 Å². The predicted octanol–water partition coefficient (Wildman–Crippen LogP) is 2.86. The SMILES string of the molecule is COc1ccc(CNc2nc3cc(OC)c(F)cc3c3nc(C4CN(C(=CN)C(C)=NCC(C)(C)O)CCS4(=O)=O)nn23)c(OC)c1. The van der Waals surface area contributed by atoms with Crippen molar-refractivity contribution in [3.63, 3.8) is 0 Å². The third kappa shape index (κ3) is 7.02. The van der Waals surface area contributed by atoms with E-state index in [4.69, 9.17) is 19.9 Å². The molecule has 0 bridgehead atoms. The summed E-state index contributed by atoms with van der Waals surface area (Å²) in [7, 11) is 0.762.